The Morgan fingerprint density at radius 3 is 2.89 bits per heavy atom. The van der Waals surface area contributed by atoms with E-state index in [-0.39, 0.29) is 0 Å². The van der Waals surface area contributed by atoms with Crippen molar-refractivity contribution in [3.63, 3.8) is 0 Å². The normalized spacial score (nSPS) is 12.3. The van der Waals surface area contributed by atoms with Gasteiger partial charge in [0.25, 0.3) is 0 Å². The van der Waals surface area contributed by atoms with E-state index in [1.165, 1.54) is 6.33 Å². The van der Waals surface area contributed by atoms with Gasteiger partial charge < -0.3 is 11.1 Å². The molecule has 0 aliphatic rings. The molecule has 0 saturated carbocycles. The molecule has 0 fully saturated rings. The Morgan fingerprint density at radius 2 is 2.22 bits per heavy atom. The van der Waals surface area contributed by atoms with Crippen LogP contribution in [-0.4, -0.2) is 21.5 Å². The Morgan fingerprint density at radius 1 is 1.39 bits per heavy atom. The Labute approximate surface area is 111 Å². The maximum Gasteiger partial charge on any atom is 0.134 e. The highest BCUT2D eigenvalue weighted by atomic mass is 32.1. The average Bonchev–Trinajstić information content (AvgIpc) is 2.90. The molecule has 0 spiro atoms. The van der Waals surface area contributed by atoms with E-state index in [0.717, 1.165) is 29.4 Å². The van der Waals surface area contributed by atoms with E-state index in [2.05, 4.69) is 27.2 Å². The fourth-order valence-corrected chi connectivity index (χ4v) is 2.44. The standard InChI is InChI=1S/C12H17N5S/c1-3-9-10(13)16-7-17-11(9)15-6-8(2)12-14-4-5-18-12/h4-5,7-8H,3,6H2,1-2H3,(H3,13,15,16,17). The minimum Gasteiger partial charge on any atom is -0.383 e. The number of anilines is 2. The monoisotopic (exact) mass is 263 g/mol. The molecule has 3 N–H and O–H groups in total. The smallest absolute Gasteiger partial charge is 0.134 e. The first kappa shape index (κ1) is 12.8. The first-order chi connectivity index (χ1) is 8.72. The van der Waals surface area contributed by atoms with Gasteiger partial charge in [0.2, 0.25) is 0 Å². The largest absolute Gasteiger partial charge is 0.383 e. The molecule has 1 unspecified atom stereocenters. The molecule has 2 aromatic rings. The summed E-state index contributed by atoms with van der Waals surface area (Å²) in [6, 6.07) is 0. The van der Waals surface area contributed by atoms with Crippen LogP contribution in [0.3, 0.4) is 0 Å². The fourth-order valence-electron chi connectivity index (χ4n) is 1.74. The predicted molar refractivity (Wildman–Crippen MR) is 74.8 cm³/mol. The summed E-state index contributed by atoms with van der Waals surface area (Å²) in [7, 11) is 0. The summed E-state index contributed by atoms with van der Waals surface area (Å²) in [6.07, 6.45) is 4.14. The van der Waals surface area contributed by atoms with Crippen molar-refractivity contribution < 1.29 is 0 Å². The van der Waals surface area contributed by atoms with Gasteiger partial charge in [-0.05, 0) is 6.42 Å². The van der Waals surface area contributed by atoms with E-state index in [4.69, 9.17) is 5.73 Å². The second kappa shape index (κ2) is 5.77. The highest BCUT2D eigenvalue weighted by Gasteiger charge is 2.11. The van der Waals surface area contributed by atoms with Crippen molar-refractivity contribution in [2.45, 2.75) is 26.2 Å². The third-order valence-electron chi connectivity index (χ3n) is 2.78. The van der Waals surface area contributed by atoms with Gasteiger partial charge in [0.05, 0.1) is 5.01 Å². The van der Waals surface area contributed by atoms with Gasteiger partial charge >= 0.3 is 0 Å². The number of nitrogens with zero attached hydrogens (tertiary/aromatic N) is 3. The summed E-state index contributed by atoms with van der Waals surface area (Å²) in [5.41, 5.74) is 6.81. The highest BCUT2D eigenvalue weighted by Crippen LogP contribution is 2.21. The van der Waals surface area contributed by atoms with Crippen LogP contribution in [0.1, 0.15) is 30.3 Å². The topological polar surface area (TPSA) is 76.7 Å². The van der Waals surface area contributed by atoms with Gasteiger partial charge in [-0.2, -0.15) is 0 Å². The highest BCUT2D eigenvalue weighted by molar-refractivity contribution is 7.09. The van der Waals surface area contributed by atoms with Gasteiger partial charge in [0.15, 0.2) is 0 Å². The number of nitrogen functional groups attached to an aromatic ring is 1. The fraction of sp³-hybridized carbons (Fsp3) is 0.417. The summed E-state index contributed by atoms with van der Waals surface area (Å²) < 4.78 is 0. The number of nitrogens with two attached hydrogens (primary N) is 1. The average molecular weight is 263 g/mol. The lowest BCUT2D eigenvalue weighted by atomic mass is 10.2. The molecular formula is C12H17N5S. The van der Waals surface area contributed by atoms with E-state index < -0.39 is 0 Å². The van der Waals surface area contributed by atoms with Crippen molar-refractivity contribution in [3.05, 3.63) is 28.5 Å². The Hall–Kier alpha value is -1.69. The summed E-state index contributed by atoms with van der Waals surface area (Å²) in [5, 5.41) is 6.45. The van der Waals surface area contributed by atoms with Gasteiger partial charge in [-0.25, -0.2) is 15.0 Å². The van der Waals surface area contributed by atoms with Gasteiger partial charge in [0.1, 0.15) is 18.0 Å². The van der Waals surface area contributed by atoms with Crippen LogP contribution in [0.4, 0.5) is 11.6 Å². The number of hydrogen-bond acceptors (Lipinski definition) is 6. The van der Waals surface area contributed by atoms with Crippen LogP contribution in [0.2, 0.25) is 0 Å². The summed E-state index contributed by atoms with van der Waals surface area (Å²) in [5.74, 6) is 1.73. The second-order valence-corrected chi connectivity index (χ2v) is 5.02. The van der Waals surface area contributed by atoms with E-state index in [1.807, 2.05) is 18.5 Å². The Bertz CT molecular complexity index is 497. The van der Waals surface area contributed by atoms with Crippen LogP contribution >= 0.6 is 11.3 Å². The minimum absolute atomic E-state index is 0.353. The lowest BCUT2D eigenvalue weighted by Gasteiger charge is -2.13. The number of rotatable bonds is 5. The maximum atomic E-state index is 5.83. The molecule has 5 nitrogen and oxygen atoms in total. The van der Waals surface area contributed by atoms with Crippen molar-refractivity contribution in [1.29, 1.82) is 0 Å². The first-order valence-electron chi connectivity index (χ1n) is 5.95. The van der Waals surface area contributed by atoms with Gasteiger partial charge in [-0.3, -0.25) is 0 Å². The molecule has 2 heterocycles. The summed E-state index contributed by atoms with van der Waals surface area (Å²) >= 11 is 1.67. The van der Waals surface area contributed by atoms with E-state index in [9.17, 15) is 0 Å². The molecule has 0 aliphatic carbocycles. The molecule has 6 heteroatoms. The minimum atomic E-state index is 0.353. The van der Waals surface area contributed by atoms with E-state index >= 15 is 0 Å². The molecule has 0 amide bonds. The molecular weight excluding hydrogens is 246 g/mol. The van der Waals surface area contributed by atoms with Crippen LogP contribution in [0, 0.1) is 0 Å². The number of thiazole rings is 1. The van der Waals surface area contributed by atoms with Crippen LogP contribution < -0.4 is 11.1 Å². The Kier molecular flexibility index (Phi) is 4.09. The predicted octanol–water partition coefficient (Wildman–Crippen LogP) is 2.29. The van der Waals surface area contributed by atoms with Crippen molar-refractivity contribution in [2.75, 3.05) is 17.6 Å². The molecule has 0 aliphatic heterocycles. The molecule has 0 bridgehead atoms. The zero-order chi connectivity index (χ0) is 13.0. The third-order valence-corrected chi connectivity index (χ3v) is 3.79. The van der Waals surface area contributed by atoms with Crippen LogP contribution in [0.5, 0.6) is 0 Å². The summed E-state index contributed by atoms with van der Waals surface area (Å²) in [4.78, 5) is 12.6. The van der Waals surface area contributed by atoms with Crippen molar-refractivity contribution in [3.8, 4) is 0 Å². The molecule has 2 aromatic heterocycles. The molecule has 0 saturated heterocycles. The van der Waals surface area contributed by atoms with Gasteiger partial charge in [-0.1, -0.05) is 13.8 Å². The van der Waals surface area contributed by atoms with Crippen LogP contribution in [0.25, 0.3) is 0 Å². The maximum absolute atomic E-state index is 5.83. The Balaban J connectivity index is 2.04. The molecule has 18 heavy (non-hydrogen) atoms. The van der Waals surface area contributed by atoms with Crippen molar-refractivity contribution in [2.24, 2.45) is 0 Å². The number of aromatic nitrogens is 3. The van der Waals surface area contributed by atoms with E-state index in [0.29, 0.717) is 11.7 Å². The first-order valence-corrected chi connectivity index (χ1v) is 6.83. The molecule has 2 rings (SSSR count). The van der Waals surface area contributed by atoms with Crippen molar-refractivity contribution in [1.82, 2.24) is 15.0 Å². The quantitative estimate of drug-likeness (QED) is 0.865. The van der Waals surface area contributed by atoms with Gasteiger partial charge in [-0.15, -0.1) is 11.3 Å². The van der Waals surface area contributed by atoms with Gasteiger partial charge in [0, 0.05) is 29.6 Å². The lowest BCUT2D eigenvalue weighted by molar-refractivity contribution is 0.789. The molecule has 96 valence electrons. The molecule has 0 radical (unpaired) electrons. The van der Waals surface area contributed by atoms with Crippen LogP contribution in [-0.2, 0) is 6.42 Å². The third kappa shape index (κ3) is 2.76. The zero-order valence-corrected chi connectivity index (χ0v) is 11.4. The second-order valence-electron chi connectivity index (χ2n) is 4.09. The lowest BCUT2D eigenvalue weighted by Crippen LogP contribution is -2.13. The van der Waals surface area contributed by atoms with E-state index in [1.54, 1.807) is 11.3 Å². The number of hydrogen-bond donors (Lipinski definition) is 2. The summed E-state index contributed by atoms with van der Waals surface area (Å²) in [6.45, 7) is 4.98. The molecule has 0 aromatic carbocycles. The SMILES string of the molecule is CCc1c(N)ncnc1NCC(C)c1nccs1. The molecule has 1 atom stereocenters. The zero-order valence-electron chi connectivity index (χ0n) is 10.6. The van der Waals surface area contributed by atoms with Crippen LogP contribution in [0.15, 0.2) is 17.9 Å². The van der Waals surface area contributed by atoms with Crippen molar-refractivity contribution >= 4 is 23.0 Å². The number of nitrogens with one attached hydrogen (secondary N) is 1.